The average Bonchev–Trinajstić information content (AvgIpc) is 2.73. The summed E-state index contributed by atoms with van der Waals surface area (Å²) in [6.45, 7) is 2.03. The first-order chi connectivity index (χ1) is 8.15. The fourth-order valence-corrected chi connectivity index (χ4v) is 1.40. The van der Waals surface area contributed by atoms with E-state index in [1.807, 2.05) is 6.92 Å². The number of nitrogens with one attached hydrogen (secondary N) is 2. The second-order valence-electron chi connectivity index (χ2n) is 3.64. The van der Waals surface area contributed by atoms with Gasteiger partial charge in [-0.15, -0.1) is 0 Å². The van der Waals surface area contributed by atoms with Gasteiger partial charge in [0.25, 0.3) is 5.56 Å². The first kappa shape index (κ1) is 11.4. The molecular weight excluding hydrogens is 222 g/mol. The maximum absolute atomic E-state index is 11.0. The number of aromatic nitrogens is 2. The molecule has 2 rings (SSSR count). The van der Waals surface area contributed by atoms with Gasteiger partial charge in [0, 0.05) is 12.6 Å². The van der Waals surface area contributed by atoms with Gasteiger partial charge in [0.1, 0.15) is 23.4 Å². The van der Waals surface area contributed by atoms with Gasteiger partial charge in [-0.2, -0.15) is 0 Å². The van der Waals surface area contributed by atoms with Gasteiger partial charge in [-0.3, -0.25) is 4.79 Å². The van der Waals surface area contributed by atoms with E-state index in [9.17, 15) is 9.90 Å². The van der Waals surface area contributed by atoms with Crippen LogP contribution in [-0.2, 0) is 0 Å². The third kappa shape index (κ3) is 2.94. The minimum absolute atomic E-state index is 0.226. The fourth-order valence-electron chi connectivity index (χ4n) is 1.40. The summed E-state index contributed by atoms with van der Waals surface area (Å²) in [4.78, 5) is 17.3. The topological polar surface area (TPSA) is 91.2 Å². The molecule has 90 valence electrons. The Kier molecular flexibility index (Phi) is 3.24. The van der Waals surface area contributed by atoms with Crippen molar-refractivity contribution in [1.29, 1.82) is 0 Å². The van der Waals surface area contributed by atoms with Crippen LogP contribution in [-0.4, -0.2) is 21.6 Å². The second kappa shape index (κ2) is 4.84. The lowest BCUT2D eigenvalue weighted by Gasteiger charge is -2.09. The molecule has 0 spiro atoms. The fraction of sp³-hybridized carbons (Fsp3) is 0.273. The van der Waals surface area contributed by atoms with E-state index in [2.05, 4.69) is 15.3 Å². The van der Waals surface area contributed by atoms with Gasteiger partial charge in [-0.25, -0.2) is 4.98 Å². The van der Waals surface area contributed by atoms with Crippen LogP contribution in [0.5, 0.6) is 0 Å². The van der Waals surface area contributed by atoms with Crippen molar-refractivity contribution in [3.05, 3.63) is 46.4 Å². The molecule has 1 atom stereocenters. The smallest absolute Gasteiger partial charge is 0.252 e. The molecule has 0 aliphatic rings. The first-order valence-corrected chi connectivity index (χ1v) is 5.18. The summed E-state index contributed by atoms with van der Waals surface area (Å²) in [6.07, 6.45) is 0.526. The van der Waals surface area contributed by atoms with Gasteiger partial charge in [0.15, 0.2) is 0 Å². The minimum atomic E-state index is -0.773. The third-order valence-corrected chi connectivity index (χ3v) is 2.24. The molecule has 0 saturated carbocycles. The molecule has 0 radical (unpaired) electrons. The van der Waals surface area contributed by atoms with Crippen LogP contribution >= 0.6 is 0 Å². The monoisotopic (exact) mass is 235 g/mol. The van der Waals surface area contributed by atoms with Crippen molar-refractivity contribution in [3.63, 3.8) is 0 Å². The maximum Gasteiger partial charge on any atom is 0.252 e. The number of rotatable bonds is 4. The number of nitrogens with zero attached hydrogens (tertiary/aromatic N) is 1. The molecule has 0 aliphatic heterocycles. The molecular formula is C11H13N3O3. The molecule has 17 heavy (non-hydrogen) atoms. The number of hydrogen-bond donors (Lipinski definition) is 3. The normalized spacial score (nSPS) is 12.4. The highest BCUT2D eigenvalue weighted by atomic mass is 16.4. The van der Waals surface area contributed by atoms with Crippen molar-refractivity contribution in [2.45, 2.75) is 13.0 Å². The van der Waals surface area contributed by atoms with E-state index >= 15 is 0 Å². The van der Waals surface area contributed by atoms with E-state index in [0.717, 1.165) is 5.76 Å². The Hall–Kier alpha value is -2.08. The summed E-state index contributed by atoms with van der Waals surface area (Å²) >= 11 is 0. The molecule has 0 aliphatic carbocycles. The van der Waals surface area contributed by atoms with Crippen LogP contribution in [0.2, 0.25) is 0 Å². The quantitative estimate of drug-likeness (QED) is 0.729. The average molecular weight is 235 g/mol. The van der Waals surface area contributed by atoms with Gasteiger partial charge >= 0.3 is 0 Å². The Morgan fingerprint density at radius 3 is 3.06 bits per heavy atom. The van der Waals surface area contributed by atoms with Crippen LogP contribution < -0.4 is 10.9 Å². The predicted molar refractivity (Wildman–Crippen MR) is 61.8 cm³/mol. The van der Waals surface area contributed by atoms with E-state index in [1.165, 1.54) is 12.4 Å². The molecule has 6 nitrogen and oxygen atoms in total. The number of anilines is 1. The van der Waals surface area contributed by atoms with Crippen molar-refractivity contribution in [1.82, 2.24) is 9.97 Å². The van der Waals surface area contributed by atoms with Crippen LogP contribution in [0.4, 0.5) is 5.82 Å². The van der Waals surface area contributed by atoms with E-state index in [1.54, 1.807) is 12.1 Å². The van der Waals surface area contributed by atoms with E-state index in [-0.39, 0.29) is 12.1 Å². The second-order valence-corrected chi connectivity index (χ2v) is 3.64. The molecule has 0 saturated heterocycles. The van der Waals surface area contributed by atoms with Crippen molar-refractivity contribution < 1.29 is 9.52 Å². The highest BCUT2D eigenvalue weighted by molar-refractivity contribution is 5.32. The Morgan fingerprint density at radius 1 is 1.59 bits per heavy atom. The number of aryl methyl sites for hydroxylation is 1. The summed E-state index contributed by atoms with van der Waals surface area (Å²) in [5.74, 6) is 1.64. The molecule has 0 fully saturated rings. The lowest BCUT2D eigenvalue weighted by molar-refractivity contribution is 0.161. The molecule has 0 bridgehead atoms. The molecule has 0 aromatic carbocycles. The van der Waals surface area contributed by atoms with E-state index in [4.69, 9.17) is 4.42 Å². The van der Waals surface area contributed by atoms with Crippen molar-refractivity contribution >= 4 is 5.82 Å². The van der Waals surface area contributed by atoms with Crippen molar-refractivity contribution in [2.24, 2.45) is 0 Å². The number of hydrogen-bond acceptors (Lipinski definition) is 5. The number of aliphatic hydroxyl groups excluding tert-OH is 1. The van der Waals surface area contributed by atoms with E-state index in [0.29, 0.717) is 11.6 Å². The lowest BCUT2D eigenvalue weighted by Crippen LogP contribution is -2.14. The summed E-state index contributed by atoms with van der Waals surface area (Å²) < 4.78 is 5.28. The number of H-pyrrole nitrogens is 1. The van der Waals surface area contributed by atoms with Crippen LogP contribution in [0.1, 0.15) is 17.6 Å². The molecule has 1 unspecified atom stereocenters. The zero-order valence-corrected chi connectivity index (χ0v) is 9.30. The van der Waals surface area contributed by atoms with Gasteiger partial charge in [-0.05, 0) is 19.1 Å². The standard InChI is InChI=1S/C11H13N3O3/c1-7-2-3-9(17-7)8(15)5-12-10-4-11(16)14-6-13-10/h2-4,6,8,15H,5H2,1H3,(H2,12,13,14,16). The molecule has 2 aromatic heterocycles. The largest absolute Gasteiger partial charge is 0.464 e. The Morgan fingerprint density at radius 2 is 2.41 bits per heavy atom. The zero-order chi connectivity index (χ0) is 12.3. The number of aliphatic hydroxyl groups is 1. The third-order valence-electron chi connectivity index (χ3n) is 2.24. The molecule has 2 aromatic rings. The van der Waals surface area contributed by atoms with Crippen molar-refractivity contribution in [3.8, 4) is 0 Å². The SMILES string of the molecule is Cc1ccc(C(O)CNc2cc(=O)[nH]cn2)o1. The van der Waals surface area contributed by atoms with Gasteiger partial charge in [0.05, 0.1) is 6.33 Å². The maximum atomic E-state index is 11.0. The summed E-state index contributed by atoms with van der Waals surface area (Å²) in [5, 5.41) is 12.6. The molecule has 0 amide bonds. The van der Waals surface area contributed by atoms with Crippen LogP contribution in [0.3, 0.4) is 0 Å². The summed E-state index contributed by atoms with van der Waals surface area (Å²) in [6, 6.07) is 4.82. The van der Waals surface area contributed by atoms with Gasteiger partial charge < -0.3 is 19.8 Å². The number of aromatic amines is 1. The number of furan rings is 1. The summed E-state index contributed by atoms with van der Waals surface area (Å²) in [7, 11) is 0. The Bertz CT molecular complexity index is 547. The highest BCUT2D eigenvalue weighted by Crippen LogP contribution is 2.16. The predicted octanol–water partition coefficient (Wildman–Crippen LogP) is 0.817. The van der Waals surface area contributed by atoms with Crippen LogP contribution in [0.15, 0.2) is 33.7 Å². The Balaban J connectivity index is 1.96. The zero-order valence-electron chi connectivity index (χ0n) is 9.30. The molecule has 2 heterocycles. The van der Waals surface area contributed by atoms with Gasteiger partial charge in [0.2, 0.25) is 0 Å². The van der Waals surface area contributed by atoms with Crippen LogP contribution in [0.25, 0.3) is 0 Å². The molecule has 6 heteroatoms. The van der Waals surface area contributed by atoms with Gasteiger partial charge in [-0.1, -0.05) is 0 Å². The van der Waals surface area contributed by atoms with Crippen LogP contribution in [0, 0.1) is 6.92 Å². The van der Waals surface area contributed by atoms with Crippen molar-refractivity contribution in [2.75, 3.05) is 11.9 Å². The first-order valence-electron chi connectivity index (χ1n) is 5.18. The summed E-state index contributed by atoms with van der Waals surface area (Å²) in [5.41, 5.74) is -0.245. The Labute approximate surface area is 97.3 Å². The lowest BCUT2D eigenvalue weighted by atomic mass is 10.3. The van der Waals surface area contributed by atoms with E-state index < -0.39 is 6.10 Å². The minimum Gasteiger partial charge on any atom is -0.464 e. The molecule has 3 N–H and O–H groups in total. The highest BCUT2D eigenvalue weighted by Gasteiger charge is 2.11.